The maximum Gasteiger partial charge on any atom is 0.375 e. The van der Waals surface area contributed by atoms with Crippen LogP contribution in [0.4, 0.5) is 8.78 Å². The molecule has 0 unspecified atom stereocenters. The summed E-state index contributed by atoms with van der Waals surface area (Å²) >= 11 is 0. The van der Waals surface area contributed by atoms with E-state index in [1.54, 1.807) is 6.92 Å². The number of carboxylic acids is 1. The summed E-state index contributed by atoms with van der Waals surface area (Å²) in [5.41, 5.74) is 0.529. The van der Waals surface area contributed by atoms with Crippen molar-refractivity contribution in [1.82, 2.24) is 0 Å². The first-order valence-corrected chi connectivity index (χ1v) is 3.57. The first-order chi connectivity index (χ1) is 5.93. The summed E-state index contributed by atoms with van der Waals surface area (Å²) < 4.78 is 30.0. The van der Waals surface area contributed by atoms with Crippen molar-refractivity contribution in [2.45, 2.75) is 19.3 Å². The zero-order valence-corrected chi connectivity index (χ0v) is 6.88. The van der Waals surface area contributed by atoms with Crippen molar-refractivity contribution in [3.05, 3.63) is 23.7 Å². The van der Waals surface area contributed by atoms with Gasteiger partial charge in [-0.2, -0.15) is 8.78 Å². The van der Waals surface area contributed by atoms with Crippen LogP contribution in [0, 0.1) is 6.92 Å². The predicted octanol–water partition coefficient (Wildman–Crippen LogP) is 1.85. The van der Waals surface area contributed by atoms with Crippen molar-refractivity contribution in [2.75, 3.05) is 0 Å². The van der Waals surface area contributed by atoms with Crippen LogP contribution in [0.5, 0.6) is 0 Å². The minimum absolute atomic E-state index is 0.00685. The molecule has 1 N–H and O–H groups in total. The van der Waals surface area contributed by atoms with Gasteiger partial charge in [-0.1, -0.05) is 0 Å². The zero-order valence-electron chi connectivity index (χ0n) is 6.88. The lowest BCUT2D eigenvalue weighted by Gasteiger charge is -2.08. The molecule has 3 nitrogen and oxygen atoms in total. The third kappa shape index (κ3) is 2.05. The van der Waals surface area contributed by atoms with E-state index < -0.39 is 18.3 Å². The van der Waals surface area contributed by atoms with Crippen LogP contribution in [0.2, 0.25) is 0 Å². The largest absolute Gasteiger partial charge is 0.477 e. The van der Waals surface area contributed by atoms with Gasteiger partial charge in [0.15, 0.2) is 0 Å². The fraction of sp³-hybridized carbons (Fsp3) is 0.375. The molecule has 0 saturated heterocycles. The van der Waals surface area contributed by atoms with Crippen molar-refractivity contribution < 1.29 is 23.1 Å². The number of carboxylic acid groups (broad SMARTS) is 1. The van der Waals surface area contributed by atoms with Crippen LogP contribution < -0.4 is 0 Å². The number of rotatable bonds is 3. The van der Waals surface area contributed by atoms with Gasteiger partial charge in [0.25, 0.3) is 0 Å². The number of hydrogen-bond donors (Lipinski definition) is 1. The minimum Gasteiger partial charge on any atom is -0.477 e. The summed E-state index contributed by atoms with van der Waals surface area (Å²) in [4.78, 5) is 10.1. The van der Waals surface area contributed by atoms with Gasteiger partial charge in [0.1, 0.15) is 5.76 Å². The van der Waals surface area contributed by atoms with Gasteiger partial charge < -0.3 is 9.52 Å². The molecule has 0 spiro atoms. The highest BCUT2D eigenvalue weighted by Crippen LogP contribution is 2.22. The topological polar surface area (TPSA) is 50.4 Å². The van der Waals surface area contributed by atoms with Crippen LogP contribution in [-0.4, -0.2) is 17.0 Å². The standard InChI is InChI=1S/C8H8F2O3/c1-5-2-3-13-6(5)4-8(9,10)7(11)12/h2-3H,4H2,1H3,(H,11,12). The molecule has 0 saturated carbocycles. The molecule has 1 heterocycles. The van der Waals surface area contributed by atoms with E-state index in [9.17, 15) is 13.6 Å². The van der Waals surface area contributed by atoms with Gasteiger partial charge in [-0.3, -0.25) is 0 Å². The maximum atomic E-state index is 12.6. The summed E-state index contributed by atoms with van der Waals surface area (Å²) in [5, 5.41) is 8.14. The van der Waals surface area contributed by atoms with Crippen LogP contribution in [-0.2, 0) is 11.2 Å². The van der Waals surface area contributed by atoms with Crippen molar-refractivity contribution in [3.8, 4) is 0 Å². The van der Waals surface area contributed by atoms with E-state index >= 15 is 0 Å². The maximum absolute atomic E-state index is 12.6. The highest BCUT2D eigenvalue weighted by Gasteiger charge is 2.40. The number of aliphatic carboxylic acids is 1. The second kappa shape index (κ2) is 3.16. The molecule has 1 rings (SSSR count). The monoisotopic (exact) mass is 190 g/mol. The van der Waals surface area contributed by atoms with E-state index in [1.807, 2.05) is 0 Å². The Morgan fingerprint density at radius 3 is 2.69 bits per heavy atom. The fourth-order valence-electron chi connectivity index (χ4n) is 0.862. The lowest BCUT2D eigenvalue weighted by Crippen LogP contribution is -2.30. The SMILES string of the molecule is Cc1ccoc1CC(F)(F)C(=O)O. The molecule has 1 aromatic heterocycles. The first kappa shape index (κ1) is 9.70. The van der Waals surface area contributed by atoms with Gasteiger partial charge in [-0.25, -0.2) is 4.79 Å². The molecule has 0 aromatic carbocycles. The molecular formula is C8H8F2O3. The number of hydrogen-bond acceptors (Lipinski definition) is 2. The Bertz CT molecular complexity index is 317. The molecule has 0 amide bonds. The van der Waals surface area contributed by atoms with Crippen LogP contribution in [0.15, 0.2) is 16.7 Å². The van der Waals surface area contributed by atoms with Gasteiger partial charge >= 0.3 is 11.9 Å². The minimum atomic E-state index is -3.76. The summed E-state index contributed by atoms with van der Waals surface area (Å²) in [6.45, 7) is 1.58. The Hall–Kier alpha value is -1.39. The average molecular weight is 190 g/mol. The summed E-state index contributed by atoms with van der Waals surface area (Å²) in [7, 11) is 0. The van der Waals surface area contributed by atoms with E-state index in [2.05, 4.69) is 0 Å². The lowest BCUT2D eigenvalue weighted by molar-refractivity contribution is -0.164. The molecule has 0 fully saturated rings. The van der Waals surface area contributed by atoms with Crippen LogP contribution in [0.25, 0.3) is 0 Å². The number of furan rings is 1. The second-order valence-electron chi connectivity index (χ2n) is 2.71. The Kier molecular flexibility index (Phi) is 2.36. The Morgan fingerprint density at radius 2 is 2.31 bits per heavy atom. The second-order valence-corrected chi connectivity index (χ2v) is 2.71. The van der Waals surface area contributed by atoms with E-state index in [0.29, 0.717) is 5.56 Å². The lowest BCUT2D eigenvalue weighted by atomic mass is 10.1. The van der Waals surface area contributed by atoms with E-state index in [4.69, 9.17) is 9.52 Å². The Morgan fingerprint density at radius 1 is 1.69 bits per heavy atom. The highest BCUT2D eigenvalue weighted by molar-refractivity contribution is 5.75. The molecule has 0 radical (unpaired) electrons. The van der Waals surface area contributed by atoms with Gasteiger partial charge in [0.2, 0.25) is 0 Å². The molecular weight excluding hydrogens is 182 g/mol. The molecule has 5 heteroatoms. The first-order valence-electron chi connectivity index (χ1n) is 3.57. The molecule has 0 aliphatic heterocycles. The van der Waals surface area contributed by atoms with Crippen LogP contribution in [0.3, 0.4) is 0 Å². The number of aryl methyl sites for hydroxylation is 1. The molecule has 1 aromatic rings. The smallest absolute Gasteiger partial charge is 0.375 e. The fourth-order valence-corrected chi connectivity index (χ4v) is 0.862. The third-order valence-corrected chi connectivity index (χ3v) is 1.66. The highest BCUT2D eigenvalue weighted by atomic mass is 19.3. The summed E-state index contributed by atoms with van der Waals surface area (Å²) in [5.74, 6) is -5.89. The van der Waals surface area contributed by atoms with E-state index in [1.165, 1.54) is 12.3 Å². The Labute approximate surface area is 73.0 Å². The molecule has 72 valence electrons. The van der Waals surface area contributed by atoms with Gasteiger partial charge in [0, 0.05) is 0 Å². The molecule has 13 heavy (non-hydrogen) atoms. The molecule has 0 aliphatic rings. The van der Waals surface area contributed by atoms with E-state index in [0.717, 1.165) is 0 Å². The average Bonchev–Trinajstić information content (AvgIpc) is 2.35. The quantitative estimate of drug-likeness (QED) is 0.791. The number of alkyl halides is 2. The van der Waals surface area contributed by atoms with Crippen molar-refractivity contribution in [2.24, 2.45) is 0 Å². The van der Waals surface area contributed by atoms with E-state index in [-0.39, 0.29) is 5.76 Å². The zero-order chi connectivity index (χ0) is 10.1. The third-order valence-electron chi connectivity index (χ3n) is 1.66. The van der Waals surface area contributed by atoms with Crippen molar-refractivity contribution in [3.63, 3.8) is 0 Å². The summed E-state index contributed by atoms with van der Waals surface area (Å²) in [6, 6.07) is 1.51. The predicted molar refractivity (Wildman–Crippen MR) is 39.7 cm³/mol. The normalized spacial score (nSPS) is 11.6. The molecule has 0 atom stereocenters. The number of carbonyl (C=O) groups is 1. The number of halogens is 2. The van der Waals surface area contributed by atoms with Gasteiger partial charge in [-0.05, 0) is 18.6 Å². The molecule has 0 aliphatic carbocycles. The van der Waals surface area contributed by atoms with Crippen LogP contribution >= 0.6 is 0 Å². The molecule has 0 bridgehead atoms. The Balaban J connectivity index is 2.80. The van der Waals surface area contributed by atoms with Crippen molar-refractivity contribution in [1.29, 1.82) is 0 Å². The van der Waals surface area contributed by atoms with Gasteiger partial charge in [0.05, 0.1) is 12.7 Å². The summed E-state index contributed by atoms with van der Waals surface area (Å²) in [6.07, 6.45) is 0.351. The van der Waals surface area contributed by atoms with Crippen LogP contribution in [0.1, 0.15) is 11.3 Å². The van der Waals surface area contributed by atoms with Gasteiger partial charge in [-0.15, -0.1) is 0 Å². The van der Waals surface area contributed by atoms with Crippen molar-refractivity contribution >= 4 is 5.97 Å².